The standard InChI is InChI=1S/C27H30N4O/c1-19-9-8-16-31-25(18-28-27(19)31)24(22-12-14-23(15-13-22)30(3)4)17-26(32)29-20(2)21-10-6-5-7-11-21/h5-16,18,20,24H,17H2,1-4H3,(H,29,32)/t20-,24-/m0/s1. The summed E-state index contributed by atoms with van der Waals surface area (Å²) < 4.78 is 2.10. The summed E-state index contributed by atoms with van der Waals surface area (Å²) in [6, 6.07) is 22.5. The number of rotatable bonds is 7. The van der Waals surface area contributed by atoms with Gasteiger partial charge in [0.1, 0.15) is 5.65 Å². The number of nitrogens with zero attached hydrogens (tertiary/aromatic N) is 3. The van der Waals surface area contributed by atoms with Crippen LogP contribution in [-0.2, 0) is 4.79 Å². The first-order valence-corrected chi connectivity index (χ1v) is 11.0. The lowest BCUT2D eigenvalue weighted by molar-refractivity contribution is -0.122. The number of benzene rings is 2. The van der Waals surface area contributed by atoms with Crippen molar-refractivity contribution in [3.05, 3.63) is 102 Å². The molecule has 4 aromatic rings. The van der Waals surface area contributed by atoms with Crippen molar-refractivity contribution in [1.82, 2.24) is 14.7 Å². The Kier molecular flexibility index (Phi) is 6.26. The number of aryl methyl sites for hydroxylation is 1. The molecule has 32 heavy (non-hydrogen) atoms. The number of aromatic nitrogens is 2. The maximum absolute atomic E-state index is 13.1. The van der Waals surface area contributed by atoms with Crippen LogP contribution in [0.1, 0.15) is 47.7 Å². The van der Waals surface area contributed by atoms with Gasteiger partial charge in [-0.3, -0.25) is 4.79 Å². The largest absolute Gasteiger partial charge is 0.378 e. The SMILES string of the molecule is Cc1cccn2c([C@@H](CC(=O)N[C@@H](C)c3ccccc3)c3ccc(N(C)C)cc3)cnc12. The molecule has 0 unspecified atom stereocenters. The van der Waals surface area contributed by atoms with E-state index in [1.54, 1.807) is 0 Å². The van der Waals surface area contributed by atoms with Crippen LogP contribution >= 0.6 is 0 Å². The highest BCUT2D eigenvalue weighted by Gasteiger charge is 2.23. The predicted octanol–water partition coefficient (Wildman–Crippen LogP) is 5.11. The van der Waals surface area contributed by atoms with E-state index in [-0.39, 0.29) is 17.9 Å². The summed E-state index contributed by atoms with van der Waals surface area (Å²) >= 11 is 0. The van der Waals surface area contributed by atoms with Crippen LogP contribution in [0.5, 0.6) is 0 Å². The van der Waals surface area contributed by atoms with E-state index < -0.39 is 0 Å². The molecule has 0 aliphatic heterocycles. The van der Waals surface area contributed by atoms with Gasteiger partial charge in [0, 0.05) is 44.5 Å². The van der Waals surface area contributed by atoms with Crippen molar-refractivity contribution in [3.63, 3.8) is 0 Å². The maximum Gasteiger partial charge on any atom is 0.221 e. The molecule has 1 amide bonds. The highest BCUT2D eigenvalue weighted by atomic mass is 16.1. The number of anilines is 1. The fourth-order valence-corrected chi connectivity index (χ4v) is 4.14. The van der Waals surface area contributed by atoms with Crippen molar-refractivity contribution in [1.29, 1.82) is 0 Å². The molecule has 5 nitrogen and oxygen atoms in total. The van der Waals surface area contributed by atoms with Crippen LogP contribution in [0.25, 0.3) is 5.65 Å². The van der Waals surface area contributed by atoms with Crippen molar-refractivity contribution in [2.45, 2.75) is 32.2 Å². The van der Waals surface area contributed by atoms with E-state index in [9.17, 15) is 4.79 Å². The Hall–Kier alpha value is -3.60. The Morgan fingerprint density at radius 3 is 2.41 bits per heavy atom. The molecule has 2 atom stereocenters. The lowest BCUT2D eigenvalue weighted by Gasteiger charge is -2.21. The Balaban J connectivity index is 1.66. The van der Waals surface area contributed by atoms with Gasteiger partial charge in [0.25, 0.3) is 0 Å². The van der Waals surface area contributed by atoms with Crippen molar-refractivity contribution in [2.24, 2.45) is 0 Å². The van der Waals surface area contributed by atoms with E-state index in [2.05, 4.69) is 56.9 Å². The number of pyridine rings is 1. The first-order chi connectivity index (χ1) is 15.4. The molecule has 4 rings (SSSR count). The van der Waals surface area contributed by atoms with E-state index in [0.29, 0.717) is 6.42 Å². The lowest BCUT2D eigenvalue weighted by atomic mass is 9.91. The van der Waals surface area contributed by atoms with E-state index >= 15 is 0 Å². The predicted molar refractivity (Wildman–Crippen MR) is 130 cm³/mol. The second-order valence-electron chi connectivity index (χ2n) is 8.51. The molecule has 164 valence electrons. The van der Waals surface area contributed by atoms with Gasteiger partial charge >= 0.3 is 0 Å². The quantitative estimate of drug-likeness (QED) is 0.447. The molecule has 2 aromatic heterocycles. The van der Waals surface area contributed by atoms with Crippen molar-refractivity contribution in [2.75, 3.05) is 19.0 Å². The summed E-state index contributed by atoms with van der Waals surface area (Å²) in [6.07, 6.45) is 4.28. The minimum absolute atomic E-state index is 0.0191. The molecule has 0 radical (unpaired) electrons. The molecule has 0 fully saturated rings. The molecule has 0 aliphatic rings. The van der Waals surface area contributed by atoms with Gasteiger partial charge in [0.05, 0.1) is 11.7 Å². The van der Waals surface area contributed by atoms with Gasteiger partial charge in [-0.1, -0.05) is 48.5 Å². The van der Waals surface area contributed by atoms with Crippen LogP contribution in [0.3, 0.4) is 0 Å². The second kappa shape index (κ2) is 9.27. The molecule has 1 N–H and O–H groups in total. The van der Waals surface area contributed by atoms with Gasteiger partial charge in [-0.2, -0.15) is 0 Å². The Morgan fingerprint density at radius 2 is 1.72 bits per heavy atom. The fraction of sp³-hybridized carbons (Fsp3) is 0.259. The highest BCUT2D eigenvalue weighted by Crippen LogP contribution is 2.31. The van der Waals surface area contributed by atoms with Crippen LogP contribution in [0.4, 0.5) is 5.69 Å². The van der Waals surface area contributed by atoms with E-state index in [4.69, 9.17) is 0 Å². The normalized spacial score (nSPS) is 13.0. The lowest BCUT2D eigenvalue weighted by Crippen LogP contribution is -2.28. The average molecular weight is 427 g/mol. The molecular weight excluding hydrogens is 396 g/mol. The van der Waals surface area contributed by atoms with Gasteiger partial charge in [0.2, 0.25) is 5.91 Å². The van der Waals surface area contributed by atoms with Crippen LogP contribution < -0.4 is 10.2 Å². The van der Waals surface area contributed by atoms with Crippen molar-refractivity contribution in [3.8, 4) is 0 Å². The first kappa shape index (κ1) is 21.6. The number of nitrogens with one attached hydrogen (secondary N) is 1. The molecule has 0 saturated heterocycles. The number of amides is 1. The Morgan fingerprint density at radius 1 is 1.00 bits per heavy atom. The molecular formula is C27H30N4O. The van der Waals surface area contributed by atoms with Crippen LogP contribution in [0.15, 0.2) is 79.1 Å². The maximum atomic E-state index is 13.1. The molecule has 0 saturated carbocycles. The van der Waals surface area contributed by atoms with E-state index in [1.165, 1.54) is 0 Å². The molecule has 0 aliphatic carbocycles. The molecule has 2 aromatic carbocycles. The molecule has 0 bridgehead atoms. The minimum Gasteiger partial charge on any atom is -0.378 e. The molecule has 5 heteroatoms. The average Bonchev–Trinajstić information content (AvgIpc) is 3.23. The highest BCUT2D eigenvalue weighted by molar-refractivity contribution is 5.78. The zero-order valence-electron chi connectivity index (χ0n) is 19.1. The zero-order chi connectivity index (χ0) is 22.7. The third kappa shape index (κ3) is 4.52. The monoisotopic (exact) mass is 426 g/mol. The van der Waals surface area contributed by atoms with Gasteiger partial charge in [0.15, 0.2) is 0 Å². The van der Waals surface area contributed by atoms with Gasteiger partial charge < -0.3 is 14.6 Å². The fourth-order valence-electron chi connectivity index (χ4n) is 4.14. The van der Waals surface area contributed by atoms with Crippen LogP contribution in [0, 0.1) is 6.92 Å². The van der Waals surface area contributed by atoms with Gasteiger partial charge in [-0.05, 0) is 48.7 Å². The van der Waals surface area contributed by atoms with Gasteiger partial charge in [-0.15, -0.1) is 0 Å². The number of fused-ring (bicyclic) bond motifs is 1. The van der Waals surface area contributed by atoms with Crippen LogP contribution in [0.2, 0.25) is 0 Å². The Labute approximate surface area is 189 Å². The third-order valence-electron chi connectivity index (χ3n) is 5.99. The minimum atomic E-state index is -0.106. The summed E-state index contributed by atoms with van der Waals surface area (Å²) in [6.45, 7) is 4.08. The summed E-state index contributed by atoms with van der Waals surface area (Å²) in [5, 5.41) is 3.17. The second-order valence-corrected chi connectivity index (χ2v) is 8.51. The van der Waals surface area contributed by atoms with E-state index in [1.807, 2.05) is 69.8 Å². The number of hydrogen-bond donors (Lipinski definition) is 1. The number of imidazole rings is 1. The van der Waals surface area contributed by atoms with Gasteiger partial charge in [-0.25, -0.2) is 4.98 Å². The smallest absolute Gasteiger partial charge is 0.221 e. The van der Waals surface area contributed by atoms with Crippen LogP contribution in [-0.4, -0.2) is 29.4 Å². The Bertz CT molecular complexity index is 1200. The topological polar surface area (TPSA) is 49.6 Å². The number of hydrogen-bond acceptors (Lipinski definition) is 3. The number of carbonyl (C=O) groups is 1. The number of carbonyl (C=O) groups excluding carboxylic acids is 1. The van der Waals surface area contributed by atoms with E-state index in [0.717, 1.165) is 33.7 Å². The van der Waals surface area contributed by atoms with Crippen molar-refractivity contribution < 1.29 is 4.79 Å². The van der Waals surface area contributed by atoms with Crippen molar-refractivity contribution >= 4 is 17.2 Å². The molecule has 2 heterocycles. The molecule has 0 spiro atoms. The summed E-state index contributed by atoms with van der Waals surface area (Å²) in [4.78, 5) is 19.9. The first-order valence-electron chi connectivity index (χ1n) is 11.0. The summed E-state index contributed by atoms with van der Waals surface area (Å²) in [7, 11) is 4.05. The summed E-state index contributed by atoms with van der Waals surface area (Å²) in [5.41, 5.74) is 6.38. The zero-order valence-corrected chi connectivity index (χ0v) is 19.1. The summed E-state index contributed by atoms with van der Waals surface area (Å²) in [5.74, 6) is -0.0865. The third-order valence-corrected chi connectivity index (χ3v) is 5.99.